The van der Waals surface area contributed by atoms with Gasteiger partial charge in [-0.25, -0.2) is 0 Å². The lowest BCUT2D eigenvalue weighted by atomic mass is 9.99. The van der Waals surface area contributed by atoms with Crippen LogP contribution in [0.4, 0.5) is 0 Å². The second-order valence-corrected chi connectivity index (χ2v) is 4.74. The van der Waals surface area contributed by atoms with Gasteiger partial charge in [-0.2, -0.15) is 5.10 Å². The van der Waals surface area contributed by atoms with Crippen molar-refractivity contribution in [2.75, 3.05) is 7.11 Å². The Morgan fingerprint density at radius 1 is 1.32 bits per heavy atom. The van der Waals surface area contributed by atoms with Crippen LogP contribution in [0.15, 0.2) is 24.3 Å². The van der Waals surface area contributed by atoms with Gasteiger partial charge in [0, 0.05) is 24.7 Å². The highest BCUT2D eigenvalue weighted by atomic mass is 16.5. The first-order valence-electron chi connectivity index (χ1n) is 6.34. The van der Waals surface area contributed by atoms with Crippen LogP contribution in [-0.4, -0.2) is 22.0 Å². The Balaban J connectivity index is 2.28. The van der Waals surface area contributed by atoms with Gasteiger partial charge in [0.15, 0.2) is 0 Å². The minimum Gasteiger partial charge on any atom is -0.496 e. The zero-order valence-electron chi connectivity index (χ0n) is 11.8. The third-order valence-corrected chi connectivity index (χ3v) is 3.50. The Morgan fingerprint density at radius 3 is 2.58 bits per heavy atom. The van der Waals surface area contributed by atoms with E-state index < -0.39 is 6.10 Å². The molecule has 1 aromatic carbocycles. The first-order chi connectivity index (χ1) is 9.04. The van der Waals surface area contributed by atoms with Crippen LogP contribution in [-0.2, 0) is 13.5 Å². The molecular formula is C15H20N2O2. The highest BCUT2D eigenvalue weighted by molar-refractivity contribution is 5.36. The zero-order chi connectivity index (χ0) is 14.0. The molecule has 0 radical (unpaired) electrons. The lowest BCUT2D eigenvalue weighted by Gasteiger charge is -2.14. The van der Waals surface area contributed by atoms with Gasteiger partial charge < -0.3 is 9.84 Å². The predicted octanol–water partition coefficient (Wildman–Crippen LogP) is 2.32. The molecule has 0 saturated carbocycles. The molecular weight excluding hydrogens is 240 g/mol. The maximum Gasteiger partial charge on any atom is 0.122 e. The van der Waals surface area contributed by atoms with Crippen LogP contribution < -0.4 is 4.74 Å². The standard InChI is InChI=1S/C15H20N2O2/c1-10-15(11(2)17(3)16-10)13(18)9-12-7-5-6-8-14(12)19-4/h5-8,13,18H,9H2,1-4H3. The molecule has 0 spiro atoms. The predicted molar refractivity (Wildman–Crippen MR) is 74.3 cm³/mol. The molecule has 2 aromatic rings. The van der Waals surface area contributed by atoms with Gasteiger partial charge in [-0.3, -0.25) is 4.68 Å². The van der Waals surface area contributed by atoms with Gasteiger partial charge in [-0.05, 0) is 25.5 Å². The molecule has 4 heteroatoms. The lowest BCUT2D eigenvalue weighted by molar-refractivity contribution is 0.175. The fourth-order valence-corrected chi connectivity index (χ4v) is 2.45. The van der Waals surface area contributed by atoms with Gasteiger partial charge in [-0.1, -0.05) is 18.2 Å². The number of para-hydroxylation sites is 1. The van der Waals surface area contributed by atoms with Crippen molar-refractivity contribution in [2.24, 2.45) is 7.05 Å². The fraction of sp³-hybridized carbons (Fsp3) is 0.400. The lowest BCUT2D eigenvalue weighted by Crippen LogP contribution is -2.06. The summed E-state index contributed by atoms with van der Waals surface area (Å²) in [5.74, 6) is 0.806. The summed E-state index contributed by atoms with van der Waals surface area (Å²) in [6, 6.07) is 7.76. The Morgan fingerprint density at radius 2 is 2.00 bits per heavy atom. The van der Waals surface area contributed by atoms with E-state index in [9.17, 15) is 5.11 Å². The number of hydrogen-bond acceptors (Lipinski definition) is 3. The van der Waals surface area contributed by atoms with Crippen LogP contribution >= 0.6 is 0 Å². The number of rotatable bonds is 4. The SMILES string of the molecule is COc1ccccc1CC(O)c1c(C)nn(C)c1C. The first kappa shape index (κ1) is 13.6. The van der Waals surface area contributed by atoms with Crippen LogP contribution in [0.5, 0.6) is 5.75 Å². The molecule has 0 amide bonds. The molecule has 102 valence electrons. The second kappa shape index (κ2) is 5.45. The minimum atomic E-state index is -0.565. The summed E-state index contributed by atoms with van der Waals surface area (Å²) in [4.78, 5) is 0. The molecule has 1 unspecified atom stereocenters. The van der Waals surface area contributed by atoms with Crippen molar-refractivity contribution < 1.29 is 9.84 Å². The molecule has 2 rings (SSSR count). The van der Waals surface area contributed by atoms with E-state index >= 15 is 0 Å². The van der Waals surface area contributed by atoms with Crippen LogP contribution in [0.3, 0.4) is 0 Å². The molecule has 0 bridgehead atoms. The fourth-order valence-electron chi connectivity index (χ4n) is 2.45. The number of nitrogens with zero attached hydrogens (tertiary/aromatic N) is 2. The molecule has 0 aliphatic rings. The number of aromatic nitrogens is 2. The van der Waals surface area contributed by atoms with E-state index in [0.29, 0.717) is 6.42 Å². The second-order valence-electron chi connectivity index (χ2n) is 4.74. The van der Waals surface area contributed by atoms with Gasteiger partial charge in [0.25, 0.3) is 0 Å². The Bertz CT molecular complexity index is 576. The smallest absolute Gasteiger partial charge is 0.122 e. The Hall–Kier alpha value is -1.81. The Kier molecular flexibility index (Phi) is 3.90. The average Bonchev–Trinajstić information content (AvgIpc) is 2.64. The highest BCUT2D eigenvalue weighted by Crippen LogP contribution is 2.28. The van der Waals surface area contributed by atoms with Gasteiger partial charge in [0.05, 0.1) is 18.9 Å². The van der Waals surface area contributed by atoms with Crippen molar-refractivity contribution in [1.29, 1.82) is 0 Å². The molecule has 0 fully saturated rings. The third kappa shape index (κ3) is 2.63. The van der Waals surface area contributed by atoms with Crippen LogP contribution in [0.25, 0.3) is 0 Å². The van der Waals surface area contributed by atoms with Crippen molar-refractivity contribution in [3.8, 4) is 5.75 Å². The maximum absolute atomic E-state index is 10.5. The molecule has 0 aliphatic heterocycles. The van der Waals surface area contributed by atoms with Crippen molar-refractivity contribution in [2.45, 2.75) is 26.4 Å². The number of aliphatic hydroxyl groups is 1. The number of hydrogen-bond donors (Lipinski definition) is 1. The summed E-state index contributed by atoms with van der Waals surface area (Å²) in [6.45, 7) is 3.90. The van der Waals surface area contributed by atoms with Gasteiger partial charge >= 0.3 is 0 Å². The normalized spacial score (nSPS) is 12.5. The molecule has 1 aromatic heterocycles. The van der Waals surface area contributed by atoms with E-state index in [1.807, 2.05) is 45.2 Å². The van der Waals surface area contributed by atoms with Crippen LogP contribution in [0.1, 0.15) is 28.6 Å². The molecule has 0 aliphatic carbocycles. The van der Waals surface area contributed by atoms with E-state index in [1.165, 1.54) is 0 Å². The van der Waals surface area contributed by atoms with E-state index in [4.69, 9.17) is 4.74 Å². The van der Waals surface area contributed by atoms with Crippen LogP contribution in [0.2, 0.25) is 0 Å². The average molecular weight is 260 g/mol. The first-order valence-corrected chi connectivity index (χ1v) is 6.34. The van der Waals surface area contributed by atoms with Crippen molar-refractivity contribution in [3.63, 3.8) is 0 Å². The number of aryl methyl sites for hydroxylation is 2. The summed E-state index contributed by atoms with van der Waals surface area (Å²) in [7, 11) is 3.54. The highest BCUT2D eigenvalue weighted by Gasteiger charge is 2.19. The molecule has 0 saturated heterocycles. The zero-order valence-corrected chi connectivity index (χ0v) is 11.8. The van der Waals surface area contributed by atoms with Gasteiger partial charge in [0.1, 0.15) is 5.75 Å². The van der Waals surface area contributed by atoms with Gasteiger partial charge in [0.2, 0.25) is 0 Å². The molecule has 1 N–H and O–H groups in total. The number of ether oxygens (including phenoxy) is 1. The summed E-state index contributed by atoms with van der Waals surface area (Å²) in [5.41, 5.74) is 3.79. The topological polar surface area (TPSA) is 47.3 Å². The molecule has 1 heterocycles. The van der Waals surface area contributed by atoms with Crippen molar-refractivity contribution >= 4 is 0 Å². The summed E-state index contributed by atoms with van der Waals surface area (Å²) < 4.78 is 7.12. The molecule has 19 heavy (non-hydrogen) atoms. The quantitative estimate of drug-likeness (QED) is 0.917. The summed E-state index contributed by atoms with van der Waals surface area (Å²) >= 11 is 0. The minimum absolute atomic E-state index is 0.525. The van der Waals surface area contributed by atoms with Gasteiger partial charge in [-0.15, -0.1) is 0 Å². The largest absolute Gasteiger partial charge is 0.496 e. The monoisotopic (exact) mass is 260 g/mol. The van der Waals surface area contributed by atoms with Crippen molar-refractivity contribution in [1.82, 2.24) is 9.78 Å². The maximum atomic E-state index is 10.5. The van der Waals surface area contributed by atoms with Crippen molar-refractivity contribution in [3.05, 3.63) is 46.8 Å². The molecule has 4 nitrogen and oxygen atoms in total. The van der Waals surface area contributed by atoms with E-state index in [0.717, 1.165) is 28.3 Å². The van der Waals surface area contributed by atoms with Crippen LogP contribution in [0, 0.1) is 13.8 Å². The Labute approximate surface area is 113 Å². The third-order valence-electron chi connectivity index (χ3n) is 3.50. The number of benzene rings is 1. The summed E-state index contributed by atoms with van der Waals surface area (Å²) in [6.07, 6.45) is -0.0396. The summed E-state index contributed by atoms with van der Waals surface area (Å²) in [5, 5.41) is 14.8. The van der Waals surface area contributed by atoms with E-state index in [2.05, 4.69) is 5.10 Å². The number of methoxy groups -OCH3 is 1. The van der Waals surface area contributed by atoms with E-state index in [-0.39, 0.29) is 0 Å². The number of aliphatic hydroxyl groups excluding tert-OH is 1. The van der Waals surface area contributed by atoms with E-state index in [1.54, 1.807) is 11.8 Å². The molecule has 1 atom stereocenters.